The number of aliphatic hydroxyl groups is 1. The summed E-state index contributed by atoms with van der Waals surface area (Å²) in [5.41, 5.74) is 6.98. The van der Waals surface area contributed by atoms with Gasteiger partial charge in [-0.2, -0.15) is 0 Å². The van der Waals surface area contributed by atoms with Crippen molar-refractivity contribution in [1.29, 1.82) is 0 Å². The molecule has 0 saturated heterocycles. The summed E-state index contributed by atoms with van der Waals surface area (Å²) < 4.78 is 0. The van der Waals surface area contributed by atoms with Crippen molar-refractivity contribution >= 4 is 5.69 Å². The van der Waals surface area contributed by atoms with Crippen LogP contribution in [0.15, 0.2) is 18.2 Å². The lowest BCUT2D eigenvalue weighted by Gasteiger charge is -2.12. The number of benzene rings is 1. The van der Waals surface area contributed by atoms with Gasteiger partial charge in [0.05, 0.1) is 11.5 Å². The van der Waals surface area contributed by atoms with Gasteiger partial charge in [0.1, 0.15) is 0 Å². The molecule has 0 aromatic heterocycles. The molecule has 82 valence electrons. The number of aryl methyl sites for hydroxylation is 1. The number of nitro groups is 1. The number of rotatable bonds is 4. The van der Waals surface area contributed by atoms with Crippen LogP contribution in [0.25, 0.3) is 0 Å². The molecule has 0 fully saturated rings. The average molecular weight is 210 g/mol. The van der Waals surface area contributed by atoms with E-state index in [9.17, 15) is 10.1 Å². The molecule has 1 rings (SSSR count). The van der Waals surface area contributed by atoms with Crippen molar-refractivity contribution in [3.05, 3.63) is 39.4 Å². The highest BCUT2D eigenvalue weighted by atomic mass is 16.6. The number of hydrogen-bond acceptors (Lipinski definition) is 4. The van der Waals surface area contributed by atoms with E-state index >= 15 is 0 Å². The highest BCUT2D eigenvalue weighted by Gasteiger charge is 2.14. The van der Waals surface area contributed by atoms with Crippen LogP contribution in [0.3, 0.4) is 0 Å². The van der Waals surface area contributed by atoms with E-state index in [0.29, 0.717) is 12.1 Å². The Kier molecular flexibility index (Phi) is 3.76. The Balaban J connectivity index is 3.05. The zero-order chi connectivity index (χ0) is 11.4. The van der Waals surface area contributed by atoms with Crippen molar-refractivity contribution in [3.8, 4) is 0 Å². The third-order valence-corrected chi connectivity index (χ3v) is 2.39. The maximum Gasteiger partial charge on any atom is 0.272 e. The van der Waals surface area contributed by atoms with Crippen LogP contribution >= 0.6 is 0 Å². The van der Waals surface area contributed by atoms with E-state index in [2.05, 4.69) is 0 Å². The van der Waals surface area contributed by atoms with Crippen molar-refractivity contribution < 1.29 is 10.0 Å². The fraction of sp³-hybridized carbons (Fsp3) is 0.400. The minimum Gasteiger partial charge on any atom is -0.396 e. The van der Waals surface area contributed by atoms with Crippen LogP contribution < -0.4 is 5.73 Å². The standard InChI is InChI=1S/C10H14N2O3/c1-7-4-8(9(5-11)6-13)2-3-10(7)12(14)15/h2-4,9,13H,5-6,11H2,1H3. The second kappa shape index (κ2) is 4.86. The van der Waals surface area contributed by atoms with Gasteiger partial charge in [0, 0.05) is 24.1 Å². The second-order valence-corrected chi connectivity index (χ2v) is 3.42. The summed E-state index contributed by atoms with van der Waals surface area (Å²) in [6.45, 7) is 1.95. The van der Waals surface area contributed by atoms with Crippen molar-refractivity contribution in [3.63, 3.8) is 0 Å². The topological polar surface area (TPSA) is 89.4 Å². The SMILES string of the molecule is Cc1cc(C(CN)CO)ccc1[N+](=O)[O-]. The van der Waals surface area contributed by atoms with Crippen molar-refractivity contribution in [2.45, 2.75) is 12.8 Å². The largest absolute Gasteiger partial charge is 0.396 e. The Labute approximate surface area is 87.7 Å². The minimum atomic E-state index is -0.421. The van der Waals surface area contributed by atoms with E-state index in [1.54, 1.807) is 19.1 Å². The van der Waals surface area contributed by atoms with Gasteiger partial charge < -0.3 is 10.8 Å². The van der Waals surface area contributed by atoms with E-state index in [1.807, 2.05) is 0 Å². The summed E-state index contributed by atoms with van der Waals surface area (Å²) in [7, 11) is 0. The van der Waals surface area contributed by atoms with Gasteiger partial charge in [0.15, 0.2) is 0 Å². The lowest BCUT2D eigenvalue weighted by Crippen LogP contribution is -2.16. The molecule has 1 aromatic carbocycles. The smallest absolute Gasteiger partial charge is 0.272 e. The Bertz CT molecular complexity index is 362. The predicted octanol–water partition coefficient (Wildman–Crippen LogP) is 0.938. The molecule has 0 radical (unpaired) electrons. The third-order valence-electron chi connectivity index (χ3n) is 2.39. The molecule has 0 heterocycles. The molecule has 3 N–H and O–H groups in total. The predicted molar refractivity (Wildman–Crippen MR) is 56.7 cm³/mol. The molecular formula is C10H14N2O3. The molecule has 5 heteroatoms. The van der Waals surface area contributed by atoms with Gasteiger partial charge >= 0.3 is 0 Å². The zero-order valence-corrected chi connectivity index (χ0v) is 8.51. The number of nitro benzene ring substituents is 1. The monoisotopic (exact) mass is 210 g/mol. The first-order chi connectivity index (χ1) is 7.10. The molecule has 1 unspecified atom stereocenters. The highest BCUT2D eigenvalue weighted by molar-refractivity contribution is 5.42. The molecule has 0 saturated carbocycles. The Morgan fingerprint density at radius 1 is 1.60 bits per heavy atom. The van der Waals surface area contributed by atoms with Crippen LogP contribution in [0.5, 0.6) is 0 Å². The minimum absolute atomic E-state index is 0.0479. The summed E-state index contributed by atoms with van der Waals surface area (Å²) >= 11 is 0. The molecule has 0 amide bonds. The van der Waals surface area contributed by atoms with Gasteiger partial charge in [0.25, 0.3) is 5.69 Å². The van der Waals surface area contributed by atoms with Crippen LogP contribution in [0.2, 0.25) is 0 Å². The first kappa shape index (κ1) is 11.6. The van der Waals surface area contributed by atoms with Crippen LogP contribution in [0.4, 0.5) is 5.69 Å². The molecular weight excluding hydrogens is 196 g/mol. The van der Waals surface area contributed by atoms with Crippen molar-refractivity contribution in [1.82, 2.24) is 0 Å². The fourth-order valence-corrected chi connectivity index (χ4v) is 1.45. The van der Waals surface area contributed by atoms with Crippen LogP contribution in [-0.2, 0) is 0 Å². The summed E-state index contributed by atoms with van der Waals surface area (Å²) in [6, 6.07) is 4.79. The Morgan fingerprint density at radius 3 is 2.67 bits per heavy atom. The summed E-state index contributed by atoms with van der Waals surface area (Å²) in [5, 5.41) is 19.6. The summed E-state index contributed by atoms with van der Waals surface area (Å²) in [5.74, 6) is -0.149. The number of nitrogens with two attached hydrogens (primary N) is 1. The average Bonchev–Trinajstić information content (AvgIpc) is 2.19. The second-order valence-electron chi connectivity index (χ2n) is 3.42. The molecule has 0 spiro atoms. The first-order valence-corrected chi connectivity index (χ1v) is 4.66. The van der Waals surface area contributed by atoms with E-state index in [4.69, 9.17) is 10.8 Å². The van der Waals surface area contributed by atoms with E-state index in [-0.39, 0.29) is 18.2 Å². The van der Waals surface area contributed by atoms with Gasteiger partial charge in [-0.3, -0.25) is 10.1 Å². The summed E-state index contributed by atoms with van der Waals surface area (Å²) in [6.07, 6.45) is 0. The quantitative estimate of drug-likeness (QED) is 0.571. The third kappa shape index (κ3) is 2.51. The number of nitrogens with zero attached hydrogens (tertiary/aromatic N) is 1. The molecule has 15 heavy (non-hydrogen) atoms. The molecule has 5 nitrogen and oxygen atoms in total. The van der Waals surface area contributed by atoms with E-state index in [0.717, 1.165) is 5.56 Å². The van der Waals surface area contributed by atoms with Gasteiger partial charge in [-0.15, -0.1) is 0 Å². The molecule has 0 aliphatic heterocycles. The van der Waals surface area contributed by atoms with Gasteiger partial charge in [-0.05, 0) is 18.6 Å². The van der Waals surface area contributed by atoms with Crippen LogP contribution in [-0.4, -0.2) is 23.2 Å². The van der Waals surface area contributed by atoms with Gasteiger partial charge in [-0.25, -0.2) is 0 Å². The summed E-state index contributed by atoms with van der Waals surface area (Å²) in [4.78, 5) is 10.2. The van der Waals surface area contributed by atoms with Gasteiger partial charge in [-0.1, -0.05) is 6.07 Å². The molecule has 1 aromatic rings. The fourth-order valence-electron chi connectivity index (χ4n) is 1.45. The van der Waals surface area contributed by atoms with E-state index in [1.165, 1.54) is 6.07 Å². The van der Waals surface area contributed by atoms with Crippen molar-refractivity contribution in [2.75, 3.05) is 13.2 Å². The van der Waals surface area contributed by atoms with Crippen molar-refractivity contribution in [2.24, 2.45) is 5.73 Å². The number of aliphatic hydroxyl groups excluding tert-OH is 1. The number of hydrogen-bond donors (Lipinski definition) is 2. The maximum atomic E-state index is 10.6. The van der Waals surface area contributed by atoms with Gasteiger partial charge in [0.2, 0.25) is 0 Å². The lowest BCUT2D eigenvalue weighted by atomic mass is 9.98. The normalized spacial score (nSPS) is 12.5. The van der Waals surface area contributed by atoms with Crippen LogP contribution in [0.1, 0.15) is 17.0 Å². The molecule has 0 aliphatic carbocycles. The zero-order valence-electron chi connectivity index (χ0n) is 8.51. The lowest BCUT2D eigenvalue weighted by molar-refractivity contribution is -0.385. The van der Waals surface area contributed by atoms with E-state index < -0.39 is 4.92 Å². The maximum absolute atomic E-state index is 10.6. The molecule has 0 aliphatic rings. The van der Waals surface area contributed by atoms with Crippen LogP contribution in [0, 0.1) is 17.0 Å². The highest BCUT2D eigenvalue weighted by Crippen LogP contribution is 2.22. The molecule has 1 atom stereocenters. The Hall–Kier alpha value is -1.46. The molecule has 0 bridgehead atoms. The Morgan fingerprint density at radius 2 is 2.27 bits per heavy atom. The first-order valence-electron chi connectivity index (χ1n) is 4.66.